The number of carbonyl (C=O) groups excluding carboxylic acids is 1. The molecular weight excluding hydrogens is 222 g/mol. The maximum Gasteiger partial charge on any atom is 0.282 e. The lowest BCUT2D eigenvalue weighted by molar-refractivity contribution is 0.0953. The standard InChI is InChI=1S/C6H9N5OS2/c7-3(8)1-2-9-4(12)5-10-11-6(13)14-5/h1-2H2,(H3,7,8)(H,9,12)(H,11,13). The number of amidine groups is 1. The Kier molecular flexibility index (Phi) is 3.72. The van der Waals surface area contributed by atoms with Crippen molar-refractivity contribution in [2.45, 2.75) is 6.42 Å². The van der Waals surface area contributed by atoms with E-state index in [0.717, 1.165) is 11.3 Å². The number of nitrogens with zero attached hydrogens (tertiary/aromatic N) is 1. The van der Waals surface area contributed by atoms with Crippen LogP contribution in [0.1, 0.15) is 16.2 Å². The summed E-state index contributed by atoms with van der Waals surface area (Å²) in [7, 11) is 0. The Labute approximate surface area is 89.0 Å². The largest absolute Gasteiger partial charge is 0.388 e. The number of aromatic nitrogens is 2. The smallest absolute Gasteiger partial charge is 0.282 e. The van der Waals surface area contributed by atoms with E-state index < -0.39 is 0 Å². The molecule has 6 nitrogen and oxygen atoms in total. The summed E-state index contributed by atoms with van der Waals surface area (Å²) in [5.74, 6) is -0.261. The second-order valence-corrected chi connectivity index (χ2v) is 4.12. The lowest BCUT2D eigenvalue weighted by Crippen LogP contribution is -2.27. The maximum atomic E-state index is 11.3. The lowest BCUT2D eigenvalue weighted by Gasteiger charge is -2.00. The molecule has 1 rings (SSSR count). The van der Waals surface area contributed by atoms with E-state index in [1.54, 1.807) is 0 Å². The molecule has 5 N–H and O–H groups in total. The summed E-state index contributed by atoms with van der Waals surface area (Å²) in [6.07, 6.45) is 0.335. The molecule has 0 fully saturated rings. The highest BCUT2D eigenvalue weighted by Gasteiger charge is 2.08. The van der Waals surface area contributed by atoms with E-state index in [-0.39, 0.29) is 11.7 Å². The molecule has 0 radical (unpaired) electrons. The van der Waals surface area contributed by atoms with Gasteiger partial charge in [0.25, 0.3) is 5.91 Å². The second kappa shape index (κ2) is 4.82. The molecule has 76 valence electrons. The summed E-state index contributed by atoms with van der Waals surface area (Å²) >= 11 is 5.88. The van der Waals surface area contributed by atoms with Gasteiger partial charge in [0.05, 0.1) is 5.84 Å². The van der Waals surface area contributed by atoms with Crippen LogP contribution in [0.2, 0.25) is 0 Å². The Balaban J connectivity index is 2.43. The van der Waals surface area contributed by atoms with Gasteiger partial charge in [-0.3, -0.25) is 15.3 Å². The zero-order valence-electron chi connectivity index (χ0n) is 7.16. The number of rotatable bonds is 4. The van der Waals surface area contributed by atoms with E-state index in [1.165, 1.54) is 0 Å². The SMILES string of the molecule is N=C(N)CCNC(=O)c1n[nH]c(=S)s1. The first-order chi connectivity index (χ1) is 6.59. The second-order valence-electron chi connectivity index (χ2n) is 2.45. The number of nitrogens with two attached hydrogens (primary N) is 1. The third kappa shape index (κ3) is 3.23. The molecule has 0 unspecified atom stereocenters. The summed E-state index contributed by atoms with van der Waals surface area (Å²) in [5, 5.41) is 16.0. The minimum atomic E-state index is -0.302. The van der Waals surface area contributed by atoms with Gasteiger partial charge in [0, 0.05) is 13.0 Å². The van der Waals surface area contributed by atoms with E-state index >= 15 is 0 Å². The molecule has 0 aliphatic rings. The summed E-state index contributed by atoms with van der Waals surface area (Å²) in [6.45, 7) is 0.334. The van der Waals surface area contributed by atoms with Crippen molar-refractivity contribution >= 4 is 35.3 Å². The van der Waals surface area contributed by atoms with Gasteiger partial charge in [-0.1, -0.05) is 11.3 Å². The van der Waals surface area contributed by atoms with Gasteiger partial charge in [-0.05, 0) is 12.2 Å². The third-order valence-electron chi connectivity index (χ3n) is 1.31. The van der Waals surface area contributed by atoms with E-state index in [0.29, 0.717) is 21.9 Å². The first-order valence-corrected chi connectivity index (χ1v) is 4.98. The zero-order valence-corrected chi connectivity index (χ0v) is 8.80. The Morgan fingerprint density at radius 2 is 2.50 bits per heavy atom. The topological polar surface area (TPSA) is 108 Å². The summed E-state index contributed by atoms with van der Waals surface area (Å²) in [4.78, 5) is 11.3. The molecule has 0 aliphatic carbocycles. The fourth-order valence-corrected chi connectivity index (χ4v) is 1.52. The molecule has 0 saturated heterocycles. The number of hydrogen-bond donors (Lipinski definition) is 4. The van der Waals surface area contributed by atoms with Crippen LogP contribution in [0.3, 0.4) is 0 Å². The first kappa shape index (κ1) is 10.8. The van der Waals surface area contributed by atoms with Crippen LogP contribution in [0.4, 0.5) is 0 Å². The molecule has 14 heavy (non-hydrogen) atoms. The van der Waals surface area contributed by atoms with Gasteiger partial charge in [0.15, 0.2) is 3.95 Å². The van der Waals surface area contributed by atoms with Crippen LogP contribution in [0.5, 0.6) is 0 Å². The number of carbonyl (C=O) groups is 1. The minimum Gasteiger partial charge on any atom is -0.388 e. The van der Waals surface area contributed by atoms with E-state index in [1.807, 2.05) is 0 Å². The van der Waals surface area contributed by atoms with Crippen molar-refractivity contribution in [1.82, 2.24) is 15.5 Å². The van der Waals surface area contributed by atoms with Gasteiger partial charge in [-0.25, -0.2) is 0 Å². The van der Waals surface area contributed by atoms with E-state index in [9.17, 15) is 4.79 Å². The molecule has 0 saturated carbocycles. The molecular formula is C6H9N5OS2. The highest BCUT2D eigenvalue weighted by atomic mass is 32.1. The molecule has 0 bridgehead atoms. The summed E-state index contributed by atoms with van der Waals surface area (Å²) in [6, 6.07) is 0. The van der Waals surface area contributed by atoms with Crippen LogP contribution >= 0.6 is 23.6 Å². The Morgan fingerprint density at radius 1 is 1.79 bits per heavy atom. The highest BCUT2D eigenvalue weighted by molar-refractivity contribution is 7.73. The molecule has 0 aliphatic heterocycles. The van der Waals surface area contributed by atoms with Crippen LogP contribution in [0.25, 0.3) is 0 Å². The molecule has 0 spiro atoms. The van der Waals surface area contributed by atoms with Crippen molar-refractivity contribution in [3.8, 4) is 0 Å². The van der Waals surface area contributed by atoms with Crippen LogP contribution in [-0.4, -0.2) is 28.5 Å². The van der Waals surface area contributed by atoms with Crippen molar-refractivity contribution < 1.29 is 4.79 Å². The molecule has 0 atom stereocenters. The number of hydrogen-bond acceptors (Lipinski definition) is 5. The normalized spacial score (nSPS) is 9.71. The van der Waals surface area contributed by atoms with Crippen LogP contribution in [0.15, 0.2) is 0 Å². The monoisotopic (exact) mass is 231 g/mol. The quantitative estimate of drug-likeness (QED) is 0.338. The summed E-state index contributed by atoms with van der Waals surface area (Å²) in [5.41, 5.74) is 5.12. The molecule has 1 amide bonds. The van der Waals surface area contributed by atoms with Crippen molar-refractivity contribution in [3.05, 3.63) is 8.96 Å². The average molecular weight is 231 g/mol. The van der Waals surface area contributed by atoms with Crippen molar-refractivity contribution in [2.24, 2.45) is 5.73 Å². The van der Waals surface area contributed by atoms with Gasteiger partial charge >= 0.3 is 0 Å². The van der Waals surface area contributed by atoms with Gasteiger partial charge in [-0.2, -0.15) is 5.10 Å². The predicted molar refractivity (Wildman–Crippen MR) is 56.2 cm³/mol. The van der Waals surface area contributed by atoms with E-state index in [4.69, 9.17) is 23.4 Å². The van der Waals surface area contributed by atoms with Crippen LogP contribution in [-0.2, 0) is 0 Å². The highest BCUT2D eigenvalue weighted by Crippen LogP contribution is 2.03. The van der Waals surface area contributed by atoms with Gasteiger partial charge < -0.3 is 11.1 Å². The zero-order chi connectivity index (χ0) is 10.6. The van der Waals surface area contributed by atoms with Crippen molar-refractivity contribution in [1.29, 1.82) is 5.41 Å². The number of H-pyrrole nitrogens is 1. The summed E-state index contributed by atoms with van der Waals surface area (Å²) < 4.78 is 0.460. The van der Waals surface area contributed by atoms with Crippen LogP contribution in [0, 0.1) is 9.36 Å². The molecule has 8 heteroatoms. The van der Waals surface area contributed by atoms with Crippen molar-refractivity contribution in [3.63, 3.8) is 0 Å². The molecule has 0 aromatic carbocycles. The van der Waals surface area contributed by atoms with Crippen LogP contribution < -0.4 is 11.1 Å². The molecule has 1 heterocycles. The van der Waals surface area contributed by atoms with Gasteiger partial charge in [-0.15, -0.1) is 0 Å². The first-order valence-electron chi connectivity index (χ1n) is 3.76. The Bertz CT molecular complexity index is 395. The minimum absolute atomic E-state index is 0.0416. The Hall–Kier alpha value is -1.28. The molecule has 1 aromatic heterocycles. The number of amides is 1. The van der Waals surface area contributed by atoms with Gasteiger partial charge in [0.1, 0.15) is 0 Å². The van der Waals surface area contributed by atoms with Gasteiger partial charge in [0.2, 0.25) is 5.01 Å². The Morgan fingerprint density at radius 3 is 3.00 bits per heavy atom. The molecule has 1 aromatic rings. The lowest BCUT2D eigenvalue weighted by atomic mass is 10.4. The maximum absolute atomic E-state index is 11.3. The third-order valence-corrected chi connectivity index (χ3v) is 2.40. The fraction of sp³-hybridized carbons (Fsp3) is 0.333. The van der Waals surface area contributed by atoms with E-state index in [2.05, 4.69) is 15.5 Å². The number of aromatic amines is 1. The predicted octanol–water partition coefficient (Wildman–Crippen LogP) is 0.257. The average Bonchev–Trinajstić information content (AvgIpc) is 2.51. The van der Waals surface area contributed by atoms with Crippen molar-refractivity contribution in [2.75, 3.05) is 6.54 Å². The fourth-order valence-electron chi connectivity index (χ4n) is 0.713. The number of nitrogens with one attached hydrogen (secondary N) is 3.